The SMILES string of the molecule is CNC(CC1CCCc2ccccc21)c1ccnc(C)c1. The van der Waals surface area contributed by atoms with E-state index < -0.39 is 0 Å². The second kappa shape index (κ2) is 6.40. The molecule has 1 aliphatic rings. The summed E-state index contributed by atoms with van der Waals surface area (Å²) in [6.07, 6.45) is 6.94. The Labute approximate surface area is 127 Å². The topological polar surface area (TPSA) is 24.9 Å². The summed E-state index contributed by atoms with van der Waals surface area (Å²) < 4.78 is 0. The second-order valence-electron chi connectivity index (χ2n) is 6.10. The van der Waals surface area contributed by atoms with Crippen LogP contribution in [-0.2, 0) is 6.42 Å². The molecule has 1 aliphatic carbocycles. The monoisotopic (exact) mass is 280 g/mol. The van der Waals surface area contributed by atoms with Gasteiger partial charge in [0.15, 0.2) is 0 Å². The number of nitrogens with zero attached hydrogens (tertiary/aromatic N) is 1. The average molecular weight is 280 g/mol. The van der Waals surface area contributed by atoms with Crippen molar-refractivity contribution < 1.29 is 0 Å². The van der Waals surface area contributed by atoms with Gasteiger partial charge in [0.05, 0.1) is 0 Å². The molecule has 110 valence electrons. The van der Waals surface area contributed by atoms with Gasteiger partial charge >= 0.3 is 0 Å². The predicted octanol–water partition coefficient (Wildman–Crippen LogP) is 4.16. The van der Waals surface area contributed by atoms with Gasteiger partial charge < -0.3 is 5.32 Å². The van der Waals surface area contributed by atoms with Crippen molar-refractivity contribution in [2.45, 2.75) is 44.6 Å². The normalized spacial score (nSPS) is 19.0. The highest BCUT2D eigenvalue weighted by atomic mass is 14.9. The molecule has 1 N–H and O–H groups in total. The first-order chi connectivity index (χ1) is 10.3. The van der Waals surface area contributed by atoms with Gasteiger partial charge in [0.2, 0.25) is 0 Å². The summed E-state index contributed by atoms with van der Waals surface area (Å²) in [5.74, 6) is 0.667. The Morgan fingerprint density at radius 3 is 2.95 bits per heavy atom. The molecular formula is C19H24N2. The van der Waals surface area contributed by atoms with Gasteiger partial charge in [0.1, 0.15) is 0 Å². The third-order valence-corrected chi connectivity index (χ3v) is 4.69. The second-order valence-corrected chi connectivity index (χ2v) is 6.10. The van der Waals surface area contributed by atoms with Crippen LogP contribution in [0.3, 0.4) is 0 Å². The number of aryl methyl sites for hydroxylation is 2. The van der Waals surface area contributed by atoms with Gasteiger partial charge in [-0.2, -0.15) is 0 Å². The Hall–Kier alpha value is -1.67. The van der Waals surface area contributed by atoms with E-state index in [9.17, 15) is 0 Å². The number of pyridine rings is 1. The summed E-state index contributed by atoms with van der Waals surface area (Å²) in [6, 6.07) is 13.7. The number of hydrogen-bond donors (Lipinski definition) is 1. The third-order valence-electron chi connectivity index (χ3n) is 4.69. The molecule has 2 nitrogen and oxygen atoms in total. The van der Waals surface area contributed by atoms with Crippen LogP contribution in [0, 0.1) is 6.92 Å². The molecule has 0 spiro atoms. The van der Waals surface area contributed by atoms with Crippen LogP contribution in [0.25, 0.3) is 0 Å². The lowest BCUT2D eigenvalue weighted by atomic mass is 9.79. The quantitative estimate of drug-likeness (QED) is 0.909. The van der Waals surface area contributed by atoms with E-state index in [-0.39, 0.29) is 0 Å². The van der Waals surface area contributed by atoms with Gasteiger partial charge in [-0.1, -0.05) is 24.3 Å². The van der Waals surface area contributed by atoms with Crippen molar-refractivity contribution in [3.63, 3.8) is 0 Å². The molecule has 0 saturated carbocycles. The summed E-state index contributed by atoms with van der Waals surface area (Å²) in [5, 5.41) is 3.50. The van der Waals surface area contributed by atoms with Crippen molar-refractivity contribution >= 4 is 0 Å². The van der Waals surface area contributed by atoms with Crippen molar-refractivity contribution in [3.8, 4) is 0 Å². The lowest BCUT2D eigenvalue weighted by molar-refractivity contribution is 0.439. The minimum Gasteiger partial charge on any atom is -0.313 e. The third kappa shape index (κ3) is 3.16. The number of fused-ring (bicyclic) bond motifs is 1. The fourth-order valence-electron chi connectivity index (χ4n) is 3.59. The zero-order valence-electron chi connectivity index (χ0n) is 13.0. The number of hydrogen-bond acceptors (Lipinski definition) is 2. The van der Waals surface area contributed by atoms with Gasteiger partial charge in [0.25, 0.3) is 0 Å². The minimum absolute atomic E-state index is 0.405. The first-order valence-electron chi connectivity index (χ1n) is 7.95. The fourth-order valence-corrected chi connectivity index (χ4v) is 3.59. The van der Waals surface area contributed by atoms with Crippen LogP contribution in [-0.4, -0.2) is 12.0 Å². The zero-order chi connectivity index (χ0) is 14.7. The standard InChI is InChI=1S/C19H24N2/c1-14-12-17(10-11-21-14)19(20-2)13-16-8-5-7-15-6-3-4-9-18(15)16/h3-4,6,9-12,16,19-20H,5,7-8,13H2,1-2H3. The number of benzene rings is 1. The van der Waals surface area contributed by atoms with E-state index in [4.69, 9.17) is 0 Å². The van der Waals surface area contributed by atoms with Crippen molar-refractivity contribution in [2.24, 2.45) is 0 Å². The van der Waals surface area contributed by atoms with Crippen LogP contribution < -0.4 is 5.32 Å². The highest BCUT2D eigenvalue weighted by molar-refractivity contribution is 5.33. The Bertz CT molecular complexity index is 606. The molecule has 2 aromatic rings. The van der Waals surface area contributed by atoms with Crippen LogP contribution in [0.5, 0.6) is 0 Å². The molecule has 1 aromatic carbocycles. The van der Waals surface area contributed by atoms with Crippen LogP contribution in [0.4, 0.5) is 0 Å². The number of nitrogens with one attached hydrogen (secondary N) is 1. The summed E-state index contributed by atoms with van der Waals surface area (Å²) in [6.45, 7) is 2.06. The summed E-state index contributed by atoms with van der Waals surface area (Å²) in [4.78, 5) is 4.31. The molecule has 0 aliphatic heterocycles. The van der Waals surface area contributed by atoms with Crippen molar-refractivity contribution in [1.29, 1.82) is 0 Å². The van der Waals surface area contributed by atoms with E-state index in [1.54, 1.807) is 11.1 Å². The molecule has 0 fully saturated rings. The van der Waals surface area contributed by atoms with E-state index in [1.807, 2.05) is 6.20 Å². The highest BCUT2D eigenvalue weighted by Crippen LogP contribution is 2.37. The van der Waals surface area contributed by atoms with Gasteiger partial charge in [-0.05, 0) is 74.4 Å². The molecular weight excluding hydrogens is 256 g/mol. The van der Waals surface area contributed by atoms with Gasteiger partial charge in [-0.25, -0.2) is 0 Å². The minimum atomic E-state index is 0.405. The van der Waals surface area contributed by atoms with E-state index in [0.717, 1.165) is 12.1 Å². The van der Waals surface area contributed by atoms with Crippen molar-refractivity contribution in [3.05, 3.63) is 65.0 Å². The largest absolute Gasteiger partial charge is 0.313 e. The van der Waals surface area contributed by atoms with E-state index >= 15 is 0 Å². The summed E-state index contributed by atoms with van der Waals surface area (Å²) in [7, 11) is 2.06. The molecule has 2 atom stereocenters. The van der Waals surface area contributed by atoms with Crippen LogP contribution in [0.2, 0.25) is 0 Å². The molecule has 0 radical (unpaired) electrons. The van der Waals surface area contributed by atoms with Crippen LogP contribution >= 0.6 is 0 Å². The molecule has 1 heterocycles. The Morgan fingerprint density at radius 1 is 1.29 bits per heavy atom. The van der Waals surface area contributed by atoms with Gasteiger partial charge in [-0.3, -0.25) is 4.98 Å². The van der Waals surface area contributed by atoms with Crippen molar-refractivity contribution in [2.75, 3.05) is 7.05 Å². The Balaban J connectivity index is 1.82. The molecule has 2 unspecified atom stereocenters. The maximum Gasteiger partial charge on any atom is 0.0375 e. The van der Waals surface area contributed by atoms with E-state index in [2.05, 4.69) is 60.7 Å². The lowest BCUT2D eigenvalue weighted by Crippen LogP contribution is -2.21. The average Bonchev–Trinajstić information content (AvgIpc) is 2.52. The van der Waals surface area contributed by atoms with Gasteiger partial charge in [-0.15, -0.1) is 0 Å². The number of aromatic nitrogens is 1. The smallest absolute Gasteiger partial charge is 0.0375 e. The van der Waals surface area contributed by atoms with E-state index in [1.165, 1.54) is 24.8 Å². The highest BCUT2D eigenvalue weighted by Gasteiger charge is 2.23. The van der Waals surface area contributed by atoms with E-state index in [0.29, 0.717) is 12.0 Å². The Kier molecular flexibility index (Phi) is 4.35. The molecule has 2 heteroatoms. The number of rotatable bonds is 4. The molecule has 0 bridgehead atoms. The lowest BCUT2D eigenvalue weighted by Gasteiger charge is -2.29. The van der Waals surface area contributed by atoms with Crippen LogP contribution in [0.1, 0.15) is 53.6 Å². The maximum atomic E-state index is 4.31. The zero-order valence-corrected chi connectivity index (χ0v) is 13.0. The summed E-state index contributed by atoms with van der Waals surface area (Å²) >= 11 is 0. The first-order valence-corrected chi connectivity index (χ1v) is 7.95. The fraction of sp³-hybridized carbons (Fsp3) is 0.421. The summed E-state index contributed by atoms with van der Waals surface area (Å²) in [5.41, 5.74) is 5.56. The van der Waals surface area contributed by atoms with Gasteiger partial charge in [0, 0.05) is 17.9 Å². The van der Waals surface area contributed by atoms with Crippen molar-refractivity contribution in [1.82, 2.24) is 10.3 Å². The molecule has 0 saturated heterocycles. The van der Waals surface area contributed by atoms with Crippen LogP contribution in [0.15, 0.2) is 42.6 Å². The Morgan fingerprint density at radius 2 is 2.14 bits per heavy atom. The predicted molar refractivity (Wildman–Crippen MR) is 87.5 cm³/mol. The molecule has 21 heavy (non-hydrogen) atoms. The molecule has 3 rings (SSSR count). The molecule has 1 aromatic heterocycles. The maximum absolute atomic E-state index is 4.31. The molecule has 0 amide bonds. The first kappa shape index (κ1) is 14.3.